The van der Waals surface area contributed by atoms with E-state index < -0.39 is 11.8 Å². The van der Waals surface area contributed by atoms with E-state index in [1.165, 1.54) is 18.2 Å². The third-order valence-corrected chi connectivity index (χ3v) is 3.02. The zero-order valence-corrected chi connectivity index (χ0v) is 9.19. The van der Waals surface area contributed by atoms with Gasteiger partial charge in [-0.05, 0) is 30.9 Å². The number of halogens is 1. The second-order valence-corrected chi connectivity index (χ2v) is 4.34. The van der Waals surface area contributed by atoms with E-state index in [4.69, 9.17) is 10.2 Å². The highest BCUT2D eigenvalue weighted by atomic mass is 19.1. The van der Waals surface area contributed by atoms with Gasteiger partial charge in [-0.2, -0.15) is 0 Å². The van der Waals surface area contributed by atoms with Crippen LogP contribution in [0.25, 0.3) is 0 Å². The first-order chi connectivity index (χ1) is 8.08. The van der Waals surface area contributed by atoms with Crippen LogP contribution in [-0.2, 0) is 0 Å². The molecule has 0 saturated heterocycles. The Morgan fingerprint density at radius 2 is 2.18 bits per heavy atom. The molecule has 5 heteroatoms. The van der Waals surface area contributed by atoms with Gasteiger partial charge in [-0.1, -0.05) is 6.07 Å². The number of aromatic carboxylic acids is 1. The molecule has 0 aromatic heterocycles. The summed E-state index contributed by atoms with van der Waals surface area (Å²) in [5, 5.41) is 20.9. The van der Waals surface area contributed by atoms with Crippen molar-refractivity contribution in [2.24, 2.45) is 5.92 Å². The average molecular weight is 239 g/mol. The number of anilines is 1. The Morgan fingerprint density at radius 1 is 1.47 bits per heavy atom. The van der Waals surface area contributed by atoms with Crippen molar-refractivity contribution in [3.63, 3.8) is 0 Å². The molecule has 1 aromatic carbocycles. The third kappa shape index (κ3) is 2.55. The number of carboxylic acid groups (broad SMARTS) is 1. The number of hydrogen-bond donors (Lipinski definition) is 3. The molecule has 1 aromatic rings. The van der Waals surface area contributed by atoms with Gasteiger partial charge in [-0.3, -0.25) is 0 Å². The molecule has 0 radical (unpaired) electrons. The van der Waals surface area contributed by atoms with Crippen molar-refractivity contribution in [1.29, 1.82) is 0 Å². The van der Waals surface area contributed by atoms with E-state index in [2.05, 4.69) is 5.32 Å². The van der Waals surface area contributed by atoms with Gasteiger partial charge in [0, 0.05) is 6.54 Å². The summed E-state index contributed by atoms with van der Waals surface area (Å²) in [7, 11) is 0. The lowest BCUT2D eigenvalue weighted by molar-refractivity contribution is 0.0486. The van der Waals surface area contributed by atoms with Gasteiger partial charge in [0.05, 0.1) is 17.4 Å². The summed E-state index contributed by atoms with van der Waals surface area (Å²) in [5.41, 5.74) is -0.0359. The van der Waals surface area contributed by atoms with Crippen LogP contribution >= 0.6 is 0 Å². The Hall–Kier alpha value is -1.62. The topological polar surface area (TPSA) is 69.6 Å². The van der Waals surface area contributed by atoms with Crippen LogP contribution in [0.4, 0.5) is 10.1 Å². The molecule has 1 aliphatic carbocycles. The lowest BCUT2D eigenvalue weighted by Crippen LogP contribution is -2.33. The van der Waals surface area contributed by atoms with E-state index >= 15 is 0 Å². The molecule has 0 amide bonds. The van der Waals surface area contributed by atoms with Crippen molar-refractivity contribution in [3.8, 4) is 0 Å². The lowest BCUT2D eigenvalue weighted by atomic mass is 9.82. The zero-order chi connectivity index (χ0) is 12.4. The first-order valence-corrected chi connectivity index (χ1v) is 5.51. The molecule has 2 rings (SSSR count). The van der Waals surface area contributed by atoms with Crippen molar-refractivity contribution < 1.29 is 19.4 Å². The molecule has 0 heterocycles. The molecule has 1 fully saturated rings. The van der Waals surface area contributed by atoms with Crippen LogP contribution in [0.3, 0.4) is 0 Å². The first-order valence-electron chi connectivity index (χ1n) is 5.51. The summed E-state index contributed by atoms with van der Waals surface area (Å²) in [5.74, 6) is -1.43. The van der Waals surface area contributed by atoms with Crippen LogP contribution in [-0.4, -0.2) is 28.8 Å². The van der Waals surface area contributed by atoms with Gasteiger partial charge in [0.1, 0.15) is 5.82 Å². The number of aliphatic hydroxyl groups is 1. The molecule has 0 atom stereocenters. The minimum atomic E-state index is -1.15. The predicted octanol–water partition coefficient (Wildman–Crippen LogP) is 1.71. The van der Waals surface area contributed by atoms with Crippen LogP contribution in [0.1, 0.15) is 23.2 Å². The Bertz CT molecular complexity index is 430. The predicted molar refractivity (Wildman–Crippen MR) is 60.6 cm³/mol. The van der Waals surface area contributed by atoms with E-state index in [0.29, 0.717) is 19.4 Å². The van der Waals surface area contributed by atoms with E-state index in [1.807, 2.05) is 0 Å². The number of carboxylic acids is 1. The van der Waals surface area contributed by atoms with Crippen molar-refractivity contribution in [1.82, 2.24) is 0 Å². The summed E-state index contributed by atoms with van der Waals surface area (Å²) in [4.78, 5) is 10.9. The smallest absolute Gasteiger partial charge is 0.337 e. The number of para-hydroxylation sites is 1. The van der Waals surface area contributed by atoms with Gasteiger partial charge in [0.15, 0.2) is 0 Å². The molecule has 0 unspecified atom stereocenters. The SMILES string of the molecule is O=C(O)c1cccc(F)c1NCC1CC(O)C1. The molecular weight excluding hydrogens is 225 g/mol. The van der Waals surface area contributed by atoms with Crippen molar-refractivity contribution in [2.75, 3.05) is 11.9 Å². The zero-order valence-electron chi connectivity index (χ0n) is 9.19. The van der Waals surface area contributed by atoms with Crippen LogP contribution < -0.4 is 5.32 Å². The average Bonchev–Trinajstić information content (AvgIpc) is 2.23. The summed E-state index contributed by atoms with van der Waals surface area (Å²) in [6.07, 6.45) is 1.11. The van der Waals surface area contributed by atoms with Crippen molar-refractivity contribution in [2.45, 2.75) is 18.9 Å². The highest BCUT2D eigenvalue weighted by Crippen LogP contribution is 2.28. The summed E-state index contributed by atoms with van der Waals surface area (Å²) in [6, 6.07) is 3.96. The first kappa shape index (κ1) is 11.9. The van der Waals surface area contributed by atoms with Crippen LogP contribution in [0.15, 0.2) is 18.2 Å². The maximum atomic E-state index is 13.5. The number of carbonyl (C=O) groups is 1. The largest absolute Gasteiger partial charge is 0.478 e. The molecule has 17 heavy (non-hydrogen) atoms. The van der Waals surface area contributed by atoms with Gasteiger partial charge in [-0.15, -0.1) is 0 Å². The highest BCUT2D eigenvalue weighted by Gasteiger charge is 2.27. The molecule has 0 bridgehead atoms. The minimum Gasteiger partial charge on any atom is -0.478 e. The van der Waals surface area contributed by atoms with E-state index in [1.54, 1.807) is 0 Å². The van der Waals surface area contributed by atoms with Gasteiger partial charge < -0.3 is 15.5 Å². The Balaban J connectivity index is 2.06. The van der Waals surface area contributed by atoms with Gasteiger partial charge in [-0.25, -0.2) is 9.18 Å². The summed E-state index contributed by atoms with van der Waals surface area (Å²) >= 11 is 0. The highest BCUT2D eigenvalue weighted by molar-refractivity contribution is 5.94. The Labute approximate surface area is 98.1 Å². The summed E-state index contributed by atoms with van der Waals surface area (Å²) < 4.78 is 13.5. The maximum absolute atomic E-state index is 13.5. The molecular formula is C12H14FNO3. The lowest BCUT2D eigenvalue weighted by Gasteiger charge is -2.31. The fourth-order valence-electron chi connectivity index (χ4n) is 2.00. The Morgan fingerprint density at radius 3 is 2.76 bits per heavy atom. The monoisotopic (exact) mass is 239 g/mol. The molecule has 92 valence electrons. The standard InChI is InChI=1S/C12H14FNO3/c13-10-3-1-2-9(12(16)17)11(10)14-6-7-4-8(15)5-7/h1-3,7-8,14-15H,4-6H2,(H,16,17). The molecule has 0 spiro atoms. The number of hydrogen-bond acceptors (Lipinski definition) is 3. The quantitative estimate of drug-likeness (QED) is 0.748. The number of benzene rings is 1. The fraction of sp³-hybridized carbons (Fsp3) is 0.417. The second kappa shape index (κ2) is 4.71. The van der Waals surface area contributed by atoms with Crippen LogP contribution in [0.5, 0.6) is 0 Å². The molecule has 3 N–H and O–H groups in total. The van der Waals surface area contributed by atoms with Gasteiger partial charge in [0.25, 0.3) is 0 Å². The van der Waals surface area contributed by atoms with E-state index in [-0.39, 0.29) is 23.3 Å². The molecule has 4 nitrogen and oxygen atoms in total. The number of aliphatic hydroxyl groups excluding tert-OH is 1. The van der Waals surface area contributed by atoms with Gasteiger partial charge in [0.2, 0.25) is 0 Å². The normalized spacial score (nSPS) is 22.9. The molecule has 0 aliphatic heterocycles. The molecule has 1 saturated carbocycles. The van der Waals surface area contributed by atoms with Crippen molar-refractivity contribution in [3.05, 3.63) is 29.6 Å². The fourth-order valence-corrected chi connectivity index (χ4v) is 2.00. The van der Waals surface area contributed by atoms with E-state index in [0.717, 1.165) is 0 Å². The summed E-state index contributed by atoms with van der Waals surface area (Å²) in [6.45, 7) is 0.484. The number of nitrogens with one attached hydrogen (secondary N) is 1. The van der Waals surface area contributed by atoms with Gasteiger partial charge >= 0.3 is 5.97 Å². The second-order valence-electron chi connectivity index (χ2n) is 4.34. The Kier molecular flexibility index (Phi) is 3.28. The number of rotatable bonds is 4. The molecule has 1 aliphatic rings. The van der Waals surface area contributed by atoms with Crippen molar-refractivity contribution >= 4 is 11.7 Å². The van der Waals surface area contributed by atoms with E-state index in [9.17, 15) is 9.18 Å². The maximum Gasteiger partial charge on any atom is 0.337 e. The van der Waals surface area contributed by atoms with Crippen LogP contribution in [0, 0.1) is 11.7 Å². The minimum absolute atomic E-state index is 0.0291. The van der Waals surface area contributed by atoms with Crippen LogP contribution in [0.2, 0.25) is 0 Å². The third-order valence-electron chi connectivity index (χ3n) is 3.02.